The lowest BCUT2D eigenvalue weighted by molar-refractivity contribution is -0.141. The van der Waals surface area contributed by atoms with E-state index in [1.807, 2.05) is 40.8 Å². The van der Waals surface area contributed by atoms with Crippen LogP contribution in [0.4, 0.5) is 24.8 Å². The van der Waals surface area contributed by atoms with Gasteiger partial charge in [0, 0.05) is 44.6 Å². The van der Waals surface area contributed by atoms with Crippen LogP contribution in [0.1, 0.15) is 17.3 Å². The van der Waals surface area contributed by atoms with E-state index < -0.39 is 11.9 Å². The molecule has 1 saturated heterocycles. The molecule has 0 aromatic carbocycles. The minimum Gasteiger partial charge on any atom is -0.353 e. The van der Waals surface area contributed by atoms with Gasteiger partial charge < -0.3 is 9.80 Å². The van der Waals surface area contributed by atoms with E-state index in [1.54, 1.807) is 6.20 Å². The topological polar surface area (TPSA) is 63.0 Å². The van der Waals surface area contributed by atoms with Crippen molar-refractivity contribution in [3.05, 3.63) is 54.0 Å². The van der Waals surface area contributed by atoms with Crippen LogP contribution in [0, 0.1) is 13.8 Å². The summed E-state index contributed by atoms with van der Waals surface area (Å²) in [6.45, 7) is 5.73. The minimum absolute atomic E-state index is 0.113. The Morgan fingerprint density at radius 1 is 0.862 bits per heavy atom. The van der Waals surface area contributed by atoms with Crippen LogP contribution in [0.15, 0.2) is 36.7 Å². The Kier molecular flexibility index (Phi) is 4.85. The highest BCUT2D eigenvalue weighted by molar-refractivity contribution is 5.47. The number of imidazole rings is 1. The molecule has 1 aliphatic heterocycles. The van der Waals surface area contributed by atoms with Gasteiger partial charge in [-0.2, -0.15) is 13.2 Å². The number of halogens is 3. The third-order valence-electron chi connectivity index (χ3n) is 4.83. The van der Waals surface area contributed by atoms with Gasteiger partial charge in [0.1, 0.15) is 34.8 Å². The summed E-state index contributed by atoms with van der Waals surface area (Å²) >= 11 is 0. The van der Waals surface area contributed by atoms with E-state index in [0.29, 0.717) is 32.0 Å². The Balaban J connectivity index is 1.49. The summed E-state index contributed by atoms with van der Waals surface area (Å²) < 4.78 is 41.1. The fourth-order valence-corrected chi connectivity index (χ4v) is 3.37. The second-order valence-corrected chi connectivity index (χ2v) is 6.83. The normalized spacial score (nSPS) is 15.1. The summed E-state index contributed by atoms with van der Waals surface area (Å²) in [5.41, 5.74) is -0.910. The average Bonchev–Trinajstić information content (AvgIpc) is 3.13. The SMILES string of the molecule is Cc1nc(N2CCN(c3cccc(-n4ccnc4C)n3)CC2)cc(C(F)(F)F)n1. The van der Waals surface area contributed by atoms with Crippen LogP contribution in [0.2, 0.25) is 0 Å². The minimum atomic E-state index is -4.49. The first kappa shape index (κ1) is 19.2. The lowest BCUT2D eigenvalue weighted by Gasteiger charge is -2.36. The zero-order valence-corrected chi connectivity index (χ0v) is 16.1. The molecule has 0 spiro atoms. The summed E-state index contributed by atoms with van der Waals surface area (Å²) in [6.07, 6.45) is -0.906. The quantitative estimate of drug-likeness (QED) is 0.670. The van der Waals surface area contributed by atoms with Crippen molar-refractivity contribution in [3.8, 4) is 5.82 Å². The molecule has 3 aromatic rings. The monoisotopic (exact) mass is 403 g/mol. The van der Waals surface area contributed by atoms with E-state index in [4.69, 9.17) is 4.98 Å². The zero-order valence-electron chi connectivity index (χ0n) is 16.1. The molecule has 7 nitrogen and oxygen atoms in total. The number of rotatable bonds is 3. The van der Waals surface area contributed by atoms with Crippen molar-refractivity contribution in [2.24, 2.45) is 0 Å². The van der Waals surface area contributed by atoms with Gasteiger partial charge in [0.15, 0.2) is 0 Å². The van der Waals surface area contributed by atoms with Gasteiger partial charge in [-0.1, -0.05) is 6.07 Å². The van der Waals surface area contributed by atoms with Gasteiger partial charge in [-0.3, -0.25) is 4.57 Å². The van der Waals surface area contributed by atoms with Crippen LogP contribution < -0.4 is 9.80 Å². The van der Waals surface area contributed by atoms with Crippen molar-refractivity contribution in [2.75, 3.05) is 36.0 Å². The number of nitrogens with zero attached hydrogens (tertiary/aromatic N) is 7. The van der Waals surface area contributed by atoms with E-state index >= 15 is 0 Å². The van der Waals surface area contributed by atoms with E-state index in [9.17, 15) is 13.2 Å². The molecular formula is C19H20F3N7. The molecule has 0 saturated carbocycles. The first-order chi connectivity index (χ1) is 13.8. The first-order valence-corrected chi connectivity index (χ1v) is 9.21. The molecule has 0 aliphatic carbocycles. The average molecular weight is 403 g/mol. The third-order valence-corrected chi connectivity index (χ3v) is 4.83. The molecule has 3 aromatic heterocycles. The Morgan fingerprint density at radius 2 is 1.52 bits per heavy atom. The van der Waals surface area contributed by atoms with Crippen molar-refractivity contribution >= 4 is 11.6 Å². The fourth-order valence-electron chi connectivity index (χ4n) is 3.37. The molecule has 4 rings (SSSR count). The second kappa shape index (κ2) is 7.34. The standard InChI is InChI=1S/C19H20F3N7/c1-13-24-15(19(20,21)22)12-18(25-13)28-10-8-27(9-11-28)16-4-3-5-17(26-16)29-7-6-23-14(29)2/h3-7,12H,8-11H2,1-2H3. The largest absolute Gasteiger partial charge is 0.433 e. The number of hydrogen-bond donors (Lipinski definition) is 0. The summed E-state index contributed by atoms with van der Waals surface area (Å²) in [5, 5.41) is 0. The fraction of sp³-hybridized carbons (Fsp3) is 0.368. The molecule has 1 fully saturated rings. The number of alkyl halides is 3. The van der Waals surface area contributed by atoms with Gasteiger partial charge in [0.05, 0.1) is 0 Å². The van der Waals surface area contributed by atoms with Crippen molar-refractivity contribution < 1.29 is 13.2 Å². The predicted molar refractivity (Wildman–Crippen MR) is 102 cm³/mol. The van der Waals surface area contributed by atoms with Crippen molar-refractivity contribution in [1.29, 1.82) is 0 Å². The summed E-state index contributed by atoms with van der Waals surface area (Å²) in [7, 11) is 0. The number of pyridine rings is 1. The van der Waals surface area contributed by atoms with Crippen molar-refractivity contribution in [1.82, 2.24) is 24.5 Å². The van der Waals surface area contributed by atoms with Crippen molar-refractivity contribution in [2.45, 2.75) is 20.0 Å². The molecule has 10 heteroatoms. The van der Waals surface area contributed by atoms with Gasteiger partial charge in [-0.25, -0.2) is 19.9 Å². The van der Waals surface area contributed by atoms with Gasteiger partial charge in [0.2, 0.25) is 0 Å². The molecule has 29 heavy (non-hydrogen) atoms. The van der Waals surface area contributed by atoms with Gasteiger partial charge in [-0.15, -0.1) is 0 Å². The number of piperazine rings is 1. The Labute approximate surface area is 165 Å². The highest BCUT2D eigenvalue weighted by atomic mass is 19.4. The maximum atomic E-state index is 13.0. The van der Waals surface area contributed by atoms with Crippen LogP contribution in [0.3, 0.4) is 0 Å². The number of anilines is 2. The highest BCUT2D eigenvalue weighted by Gasteiger charge is 2.34. The first-order valence-electron chi connectivity index (χ1n) is 9.21. The van der Waals surface area contributed by atoms with E-state index in [1.165, 1.54) is 6.92 Å². The van der Waals surface area contributed by atoms with E-state index in [2.05, 4.69) is 19.9 Å². The van der Waals surface area contributed by atoms with E-state index in [-0.39, 0.29) is 5.82 Å². The number of aromatic nitrogens is 5. The van der Waals surface area contributed by atoms with Crippen LogP contribution in [-0.2, 0) is 6.18 Å². The van der Waals surface area contributed by atoms with Crippen LogP contribution in [-0.4, -0.2) is 50.7 Å². The van der Waals surface area contributed by atoms with Crippen LogP contribution in [0.5, 0.6) is 0 Å². The lowest BCUT2D eigenvalue weighted by atomic mass is 10.2. The molecular weight excluding hydrogens is 383 g/mol. The van der Waals surface area contributed by atoms with Crippen molar-refractivity contribution in [3.63, 3.8) is 0 Å². The van der Waals surface area contributed by atoms with Gasteiger partial charge in [0.25, 0.3) is 0 Å². The number of hydrogen-bond acceptors (Lipinski definition) is 6. The Bertz CT molecular complexity index is 1010. The molecule has 4 heterocycles. The lowest BCUT2D eigenvalue weighted by Crippen LogP contribution is -2.47. The molecule has 0 atom stereocenters. The molecule has 0 N–H and O–H groups in total. The maximum Gasteiger partial charge on any atom is 0.433 e. The summed E-state index contributed by atoms with van der Waals surface area (Å²) in [6, 6.07) is 6.80. The van der Waals surface area contributed by atoms with E-state index in [0.717, 1.165) is 23.5 Å². The second-order valence-electron chi connectivity index (χ2n) is 6.83. The maximum absolute atomic E-state index is 13.0. The highest BCUT2D eigenvalue weighted by Crippen LogP contribution is 2.30. The molecule has 1 aliphatic rings. The Morgan fingerprint density at radius 3 is 2.14 bits per heavy atom. The third kappa shape index (κ3) is 4.01. The smallest absolute Gasteiger partial charge is 0.353 e. The summed E-state index contributed by atoms with van der Waals surface area (Å²) in [5.74, 6) is 2.87. The molecule has 0 bridgehead atoms. The van der Waals surface area contributed by atoms with Crippen LogP contribution in [0.25, 0.3) is 5.82 Å². The van der Waals surface area contributed by atoms with Gasteiger partial charge >= 0.3 is 6.18 Å². The zero-order chi connectivity index (χ0) is 20.6. The number of aryl methyl sites for hydroxylation is 2. The van der Waals surface area contributed by atoms with Gasteiger partial charge in [-0.05, 0) is 26.0 Å². The molecule has 0 radical (unpaired) electrons. The predicted octanol–water partition coefficient (Wildman–Crippen LogP) is 3.02. The molecule has 0 amide bonds. The van der Waals surface area contributed by atoms with Crippen LogP contribution >= 0.6 is 0 Å². The molecule has 152 valence electrons. The summed E-state index contributed by atoms with van der Waals surface area (Å²) in [4.78, 5) is 20.6. The Hall–Kier alpha value is -3.17. The molecule has 0 unspecified atom stereocenters.